The predicted octanol–water partition coefficient (Wildman–Crippen LogP) is -2.74. The quantitative estimate of drug-likeness (QED) is 0.503. The van der Waals surface area contributed by atoms with Crippen LogP contribution in [-0.2, 0) is 10.2 Å². The second kappa shape index (κ2) is 4.85. The van der Waals surface area contributed by atoms with Crippen LogP contribution in [0.1, 0.15) is 25.0 Å². The van der Waals surface area contributed by atoms with Crippen molar-refractivity contribution in [2.24, 2.45) is 0 Å². The van der Waals surface area contributed by atoms with Gasteiger partial charge in [-0.05, 0) is 25.0 Å². The van der Waals surface area contributed by atoms with Gasteiger partial charge >= 0.3 is 51.4 Å². The maximum absolute atomic E-state index is 11.0. The molecule has 1 saturated carbocycles. The Balaban J connectivity index is 0.000000980. The van der Waals surface area contributed by atoms with E-state index < -0.39 is 11.4 Å². The van der Waals surface area contributed by atoms with E-state index in [0.29, 0.717) is 18.5 Å². The zero-order valence-electron chi connectivity index (χ0n) is 8.19. The maximum atomic E-state index is 11.0. The molecule has 0 N–H and O–H groups in total. The molecule has 3 nitrogen and oxygen atoms in total. The van der Waals surface area contributed by atoms with Crippen LogP contribution in [0.15, 0.2) is 24.4 Å². The van der Waals surface area contributed by atoms with Crippen molar-refractivity contribution < 1.29 is 61.3 Å². The molecule has 4 heteroatoms. The Morgan fingerprint density at radius 3 is 2.50 bits per heavy atom. The summed E-state index contributed by atoms with van der Waals surface area (Å²) in [7, 11) is 0. The molecule has 1 aromatic heterocycles. The zero-order valence-corrected chi connectivity index (χ0v) is 11.3. The molecule has 1 aromatic rings. The summed E-state index contributed by atoms with van der Waals surface area (Å²) < 4.78 is 0. The van der Waals surface area contributed by atoms with E-state index in [9.17, 15) is 9.90 Å². The van der Waals surface area contributed by atoms with Gasteiger partial charge in [0.25, 0.3) is 0 Å². The number of aliphatic carboxylic acids is 1. The number of carbonyl (C=O) groups is 1. The summed E-state index contributed by atoms with van der Waals surface area (Å²) in [5, 5.41) is 11.0. The molecule has 0 aliphatic heterocycles. The monoisotopic (exact) mass is 215 g/mol. The summed E-state index contributed by atoms with van der Waals surface area (Å²) in [6, 6.07) is 5.35. The fourth-order valence-electron chi connectivity index (χ4n) is 1.74. The molecule has 0 bridgehead atoms. The first-order valence-electron chi connectivity index (χ1n) is 4.39. The smallest absolute Gasteiger partial charge is 0.549 e. The first-order chi connectivity index (χ1) is 6.26. The van der Waals surface area contributed by atoms with Crippen LogP contribution in [0, 0.1) is 0 Å². The van der Waals surface area contributed by atoms with E-state index in [-0.39, 0.29) is 51.4 Å². The molecule has 0 aromatic carbocycles. The third-order valence-corrected chi connectivity index (χ3v) is 2.75. The number of carboxylic acids is 1. The van der Waals surface area contributed by atoms with Crippen molar-refractivity contribution in [2.75, 3.05) is 0 Å². The first kappa shape index (κ1) is 12.3. The standard InChI is InChI=1S/C10H11NO2.K/c12-9(13)10(5-3-6-10)8-4-1-2-7-11-8;/h1-2,4,7H,3,5-6H2,(H,12,13);/q;+1/p-1. The number of pyridine rings is 1. The molecule has 2 rings (SSSR count). The average molecular weight is 215 g/mol. The van der Waals surface area contributed by atoms with Crippen molar-refractivity contribution in [1.82, 2.24) is 4.98 Å². The van der Waals surface area contributed by atoms with Crippen LogP contribution >= 0.6 is 0 Å². The van der Waals surface area contributed by atoms with Gasteiger partial charge in [0.05, 0.1) is 17.1 Å². The summed E-state index contributed by atoms with van der Waals surface area (Å²) in [4.78, 5) is 15.0. The Morgan fingerprint density at radius 1 is 1.43 bits per heavy atom. The molecule has 14 heavy (non-hydrogen) atoms. The number of carboxylic acid groups (broad SMARTS) is 1. The van der Waals surface area contributed by atoms with Gasteiger partial charge in [0, 0.05) is 6.20 Å². The predicted molar refractivity (Wildman–Crippen MR) is 44.8 cm³/mol. The fourth-order valence-corrected chi connectivity index (χ4v) is 1.74. The average Bonchev–Trinajstić information content (AvgIpc) is 2.03. The van der Waals surface area contributed by atoms with E-state index in [1.807, 2.05) is 6.07 Å². The molecular formula is C10H10KNO2. The summed E-state index contributed by atoms with van der Waals surface area (Å²) in [5.41, 5.74) is -0.150. The Labute approximate surface area is 125 Å². The van der Waals surface area contributed by atoms with E-state index in [2.05, 4.69) is 4.98 Å². The second-order valence-corrected chi connectivity index (χ2v) is 3.44. The van der Waals surface area contributed by atoms with Crippen LogP contribution in [0.25, 0.3) is 0 Å². The normalized spacial score (nSPS) is 17.7. The number of aromatic nitrogens is 1. The van der Waals surface area contributed by atoms with Crippen LogP contribution in [0.4, 0.5) is 0 Å². The first-order valence-corrected chi connectivity index (χ1v) is 4.39. The van der Waals surface area contributed by atoms with E-state index in [1.165, 1.54) is 0 Å². The molecule has 0 unspecified atom stereocenters. The van der Waals surface area contributed by atoms with Gasteiger partial charge < -0.3 is 9.90 Å². The van der Waals surface area contributed by atoms with E-state index in [4.69, 9.17) is 0 Å². The maximum Gasteiger partial charge on any atom is 1.00 e. The van der Waals surface area contributed by atoms with Gasteiger partial charge in [-0.1, -0.05) is 12.5 Å². The largest absolute Gasteiger partial charge is 1.00 e. The molecule has 0 radical (unpaired) electrons. The molecule has 68 valence electrons. The van der Waals surface area contributed by atoms with Crippen LogP contribution in [0.3, 0.4) is 0 Å². The third kappa shape index (κ3) is 1.95. The van der Waals surface area contributed by atoms with Gasteiger partial charge in [-0.3, -0.25) is 4.98 Å². The number of carbonyl (C=O) groups excluding carboxylic acids is 1. The molecule has 1 fully saturated rings. The van der Waals surface area contributed by atoms with Crippen molar-refractivity contribution in [3.63, 3.8) is 0 Å². The Hall–Kier alpha value is 0.256. The number of rotatable bonds is 2. The fraction of sp³-hybridized carbons (Fsp3) is 0.400. The minimum Gasteiger partial charge on any atom is -0.549 e. The number of hydrogen-bond donors (Lipinski definition) is 0. The van der Waals surface area contributed by atoms with Crippen molar-refractivity contribution in [3.05, 3.63) is 30.1 Å². The summed E-state index contributed by atoms with van der Waals surface area (Å²) in [6.07, 6.45) is 3.89. The van der Waals surface area contributed by atoms with Crippen LogP contribution in [0.2, 0.25) is 0 Å². The van der Waals surface area contributed by atoms with E-state index >= 15 is 0 Å². The molecule has 0 amide bonds. The van der Waals surface area contributed by atoms with Gasteiger partial charge in [-0.15, -0.1) is 0 Å². The molecule has 0 saturated heterocycles. The molecule has 0 spiro atoms. The summed E-state index contributed by atoms with van der Waals surface area (Å²) in [6.45, 7) is 0. The zero-order chi connectivity index (χ0) is 9.31. The Kier molecular flexibility index (Phi) is 4.27. The van der Waals surface area contributed by atoms with Crippen LogP contribution in [-0.4, -0.2) is 11.0 Å². The van der Waals surface area contributed by atoms with Gasteiger partial charge in [-0.2, -0.15) is 0 Å². The Bertz CT molecular complexity index is 322. The van der Waals surface area contributed by atoms with Crippen molar-refractivity contribution >= 4 is 5.97 Å². The summed E-state index contributed by atoms with van der Waals surface area (Å²) in [5.74, 6) is -0.988. The van der Waals surface area contributed by atoms with E-state index in [0.717, 1.165) is 6.42 Å². The number of hydrogen-bond acceptors (Lipinski definition) is 3. The number of nitrogens with zero attached hydrogens (tertiary/aromatic N) is 1. The van der Waals surface area contributed by atoms with Gasteiger partial charge in [0.2, 0.25) is 0 Å². The van der Waals surface area contributed by atoms with E-state index in [1.54, 1.807) is 18.3 Å². The molecular weight excluding hydrogens is 205 g/mol. The minimum atomic E-state index is -0.988. The molecule has 1 aliphatic carbocycles. The second-order valence-electron chi connectivity index (χ2n) is 3.44. The van der Waals surface area contributed by atoms with Gasteiger partial charge in [-0.25, -0.2) is 0 Å². The topological polar surface area (TPSA) is 53.0 Å². The van der Waals surface area contributed by atoms with Crippen LogP contribution < -0.4 is 56.5 Å². The Morgan fingerprint density at radius 2 is 2.14 bits per heavy atom. The third-order valence-electron chi connectivity index (χ3n) is 2.75. The minimum absolute atomic E-state index is 0. The summed E-state index contributed by atoms with van der Waals surface area (Å²) >= 11 is 0. The van der Waals surface area contributed by atoms with Crippen molar-refractivity contribution in [1.29, 1.82) is 0 Å². The molecule has 0 atom stereocenters. The SMILES string of the molecule is O=C([O-])C1(c2ccccn2)CCC1.[K+]. The van der Waals surface area contributed by atoms with Crippen molar-refractivity contribution in [3.8, 4) is 0 Å². The van der Waals surface area contributed by atoms with Crippen LogP contribution in [0.5, 0.6) is 0 Å². The molecule has 1 heterocycles. The molecule has 1 aliphatic rings. The van der Waals surface area contributed by atoms with Gasteiger partial charge in [0.15, 0.2) is 0 Å². The van der Waals surface area contributed by atoms with Crippen molar-refractivity contribution in [2.45, 2.75) is 24.7 Å². The van der Waals surface area contributed by atoms with Gasteiger partial charge in [0.1, 0.15) is 0 Å².